The number of unbranched alkanes of at least 4 members (excludes halogenated alkanes) is 2. The van der Waals surface area contributed by atoms with Gasteiger partial charge < -0.3 is 0 Å². The second-order valence-electron chi connectivity index (χ2n) is 7.59. The molecule has 2 aromatic carbocycles. The third-order valence-corrected chi connectivity index (χ3v) is 7.37. The van der Waals surface area contributed by atoms with Gasteiger partial charge in [-0.2, -0.15) is 0 Å². The first kappa shape index (κ1) is 26.2. The summed E-state index contributed by atoms with van der Waals surface area (Å²) in [5, 5.41) is 0. The van der Waals surface area contributed by atoms with Crippen molar-refractivity contribution in [2.24, 2.45) is 0 Å². The topological polar surface area (TPSA) is 34.1 Å². The zero-order valence-electron chi connectivity index (χ0n) is 19.2. The summed E-state index contributed by atoms with van der Waals surface area (Å²) in [5.41, 5.74) is 1.47. The van der Waals surface area contributed by atoms with Gasteiger partial charge in [0.25, 0.3) is 0 Å². The molecule has 0 bridgehead atoms. The van der Waals surface area contributed by atoms with Crippen LogP contribution >= 0.6 is 23.5 Å². The minimum Gasteiger partial charge on any atom is -0.289 e. The molecule has 2 rings (SSSR count). The van der Waals surface area contributed by atoms with Crippen molar-refractivity contribution >= 4 is 35.1 Å². The average molecular weight is 467 g/mol. The summed E-state index contributed by atoms with van der Waals surface area (Å²) in [7, 11) is 0. The first-order chi connectivity index (χ1) is 15.6. The standard InChI is InChI=1S/C28H34O2S2/c1-3-5-17-25(21-27(29)23-13-9-7-10-14-23)31-19-20-32-26(18-6-4-2)22-28(30)24-15-11-8-12-16-24/h7-16,21-22H,3-6,17-20H2,1-2H3/b25-21-,26-22+. The Labute approximate surface area is 202 Å². The van der Waals surface area contributed by atoms with E-state index in [4.69, 9.17) is 0 Å². The molecule has 0 aliphatic carbocycles. The van der Waals surface area contributed by atoms with Gasteiger partial charge in [0.05, 0.1) is 0 Å². The van der Waals surface area contributed by atoms with E-state index in [9.17, 15) is 9.59 Å². The zero-order chi connectivity index (χ0) is 23.0. The summed E-state index contributed by atoms with van der Waals surface area (Å²) in [4.78, 5) is 27.5. The summed E-state index contributed by atoms with van der Waals surface area (Å²) < 4.78 is 0. The van der Waals surface area contributed by atoms with E-state index in [0.717, 1.165) is 71.0 Å². The Kier molecular flexibility index (Phi) is 12.9. The van der Waals surface area contributed by atoms with E-state index in [0.29, 0.717) is 0 Å². The van der Waals surface area contributed by atoms with E-state index >= 15 is 0 Å². The fourth-order valence-corrected chi connectivity index (χ4v) is 5.23. The molecule has 0 atom stereocenters. The molecule has 0 amide bonds. The number of rotatable bonds is 15. The van der Waals surface area contributed by atoms with Crippen molar-refractivity contribution in [1.82, 2.24) is 0 Å². The fourth-order valence-electron chi connectivity index (χ4n) is 3.08. The molecule has 0 aliphatic heterocycles. The van der Waals surface area contributed by atoms with Gasteiger partial charge in [-0.3, -0.25) is 9.59 Å². The first-order valence-electron chi connectivity index (χ1n) is 11.5. The van der Waals surface area contributed by atoms with Crippen molar-refractivity contribution in [2.75, 3.05) is 11.5 Å². The highest BCUT2D eigenvalue weighted by molar-refractivity contribution is 8.06. The van der Waals surface area contributed by atoms with Crippen LogP contribution in [0.15, 0.2) is 82.6 Å². The molecule has 0 N–H and O–H groups in total. The van der Waals surface area contributed by atoms with Crippen molar-refractivity contribution < 1.29 is 9.59 Å². The van der Waals surface area contributed by atoms with Gasteiger partial charge in [-0.15, -0.1) is 23.5 Å². The molecular weight excluding hydrogens is 432 g/mol. The molecule has 0 unspecified atom stereocenters. The molecular formula is C28H34O2S2. The maximum atomic E-state index is 12.6. The van der Waals surface area contributed by atoms with Crippen LogP contribution in [0.4, 0.5) is 0 Å². The number of hydrogen-bond acceptors (Lipinski definition) is 4. The molecule has 0 saturated carbocycles. The van der Waals surface area contributed by atoms with Gasteiger partial charge in [-0.1, -0.05) is 87.4 Å². The number of benzene rings is 2. The van der Waals surface area contributed by atoms with E-state index in [-0.39, 0.29) is 11.6 Å². The van der Waals surface area contributed by atoms with Crippen LogP contribution in [0, 0.1) is 0 Å². The van der Waals surface area contributed by atoms with E-state index < -0.39 is 0 Å². The van der Waals surface area contributed by atoms with Gasteiger partial charge in [-0.25, -0.2) is 0 Å². The third-order valence-electron chi connectivity index (χ3n) is 4.91. The minimum atomic E-state index is 0.0776. The van der Waals surface area contributed by atoms with E-state index in [2.05, 4.69) is 13.8 Å². The van der Waals surface area contributed by atoms with Crippen LogP contribution in [-0.4, -0.2) is 23.1 Å². The van der Waals surface area contributed by atoms with Crippen LogP contribution in [0.3, 0.4) is 0 Å². The molecule has 0 radical (unpaired) electrons. The second kappa shape index (κ2) is 15.7. The number of thioether (sulfide) groups is 2. The van der Waals surface area contributed by atoms with Gasteiger partial charge in [0.2, 0.25) is 0 Å². The molecule has 0 spiro atoms. The van der Waals surface area contributed by atoms with Crippen LogP contribution in [0.5, 0.6) is 0 Å². The van der Waals surface area contributed by atoms with Gasteiger partial charge >= 0.3 is 0 Å². The summed E-state index contributed by atoms with van der Waals surface area (Å²) in [6, 6.07) is 18.9. The summed E-state index contributed by atoms with van der Waals surface area (Å²) >= 11 is 3.55. The summed E-state index contributed by atoms with van der Waals surface area (Å²) in [6.07, 6.45) is 9.89. The Morgan fingerprint density at radius 1 is 0.656 bits per heavy atom. The highest BCUT2D eigenvalue weighted by Crippen LogP contribution is 2.28. The van der Waals surface area contributed by atoms with Crippen molar-refractivity contribution in [1.29, 1.82) is 0 Å². The lowest BCUT2D eigenvalue weighted by Gasteiger charge is -2.09. The van der Waals surface area contributed by atoms with Crippen molar-refractivity contribution in [3.05, 3.63) is 93.8 Å². The number of allylic oxidation sites excluding steroid dienone is 4. The van der Waals surface area contributed by atoms with Crippen LogP contribution in [0.1, 0.15) is 73.1 Å². The fraction of sp³-hybridized carbons (Fsp3) is 0.357. The van der Waals surface area contributed by atoms with E-state index in [1.807, 2.05) is 72.8 Å². The number of carbonyl (C=O) groups excluding carboxylic acids is 2. The molecule has 0 aromatic heterocycles. The van der Waals surface area contributed by atoms with E-state index in [1.165, 1.54) is 0 Å². The van der Waals surface area contributed by atoms with Gasteiger partial charge in [0, 0.05) is 22.6 Å². The first-order valence-corrected chi connectivity index (χ1v) is 13.5. The quantitative estimate of drug-likeness (QED) is 0.150. The molecule has 0 fully saturated rings. The normalized spacial score (nSPS) is 12.1. The SMILES string of the molecule is CCCC/C(=C/C(=O)c1ccccc1)SCCS/C(=C/C(=O)c1ccccc1)CCCC. The molecule has 0 saturated heterocycles. The van der Waals surface area contributed by atoms with Crippen LogP contribution < -0.4 is 0 Å². The van der Waals surface area contributed by atoms with Crippen LogP contribution in [0.25, 0.3) is 0 Å². The van der Waals surface area contributed by atoms with Gasteiger partial charge in [0.1, 0.15) is 0 Å². The highest BCUT2D eigenvalue weighted by Gasteiger charge is 2.08. The summed E-state index contributed by atoms with van der Waals surface area (Å²) in [5.74, 6) is 2.00. The monoisotopic (exact) mass is 466 g/mol. The Morgan fingerprint density at radius 2 is 1.03 bits per heavy atom. The molecule has 2 nitrogen and oxygen atoms in total. The van der Waals surface area contributed by atoms with Gasteiger partial charge in [0.15, 0.2) is 11.6 Å². The van der Waals surface area contributed by atoms with Gasteiger partial charge in [-0.05, 0) is 47.6 Å². The number of ketones is 2. The van der Waals surface area contributed by atoms with Crippen molar-refractivity contribution in [3.63, 3.8) is 0 Å². The largest absolute Gasteiger partial charge is 0.289 e. The third kappa shape index (κ3) is 10.1. The second-order valence-corrected chi connectivity index (χ2v) is 10.0. The summed E-state index contributed by atoms with van der Waals surface area (Å²) in [6.45, 7) is 4.34. The van der Waals surface area contributed by atoms with Crippen LogP contribution in [0.2, 0.25) is 0 Å². The lowest BCUT2D eigenvalue weighted by molar-refractivity contribution is 0.103. The average Bonchev–Trinajstić information content (AvgIpc) is 2.84. The molecule has 0 aliphatic rings. The number of hydrogen-bond donors (Lipinski definition) is 0. The molecule has 32 heavy (non-hydrogen) atoms. The lowest BCUT2D eigenvalue weighted by Crippen LogP contribution is -1.98. The van der Waals surface area contributed by atoms with E-state index in [1.54, 1.807) is 23.5 Å². The van der Waals surface area contributed by atoms with Crippen molar-refractivity contribution in [3.8, 4) is 0 Å². The Morgan fingerprint density at radius 3 is 1.38 bits per heavy atom. The van der Waals surface area contributed by atoms with Crippen LogP contribution in [-0.2, 0) is 0 Å². The Balaban J connectivity index is 1.95. The number of carbonyl (C=O) groups is 2. The molecule has 170 valence electrons. The molecule has 2 aromatic rings. The molecule has 4 heteroatoms. The highest BCUT2D eigenvalue weighted by atomic mass is 32.2. The minimum absolute atomic E-state index is 0.0776. The maximum Gasteiger partial charge on any atom is 0.186 e. The Bertz CT molecular complexity index is 811. The Hall–Kier alpha value is -2.04. The smallest absolute Gasteiger partial charge is 0.186 e. The predicted molar refractivity (Wildman–Crippen MR) is 142 cm³/mol. The maximum absolute atomic E-state index is 12.6. The predicted octanol–water partition coefficient (Wildman–Crippen LogP) is 8.37. The van der Waals surface area contributed by atoms with Crippen molar-refractivity contribution in [2.45, 2.75) is 52.4 Å². The molecule has 0 heterocycles. The zero-order valence-corrected chi connectivity index (χ0v) is 20.9. The lowest BCUT2D eigenvalue weighted by atomic mass is 10.1.